The van der Waals surface area contributed by atoms with Gasteiger partial charge in [0.25, 0.3) is 0 Å². The highest BCUT2D eigenvalue weighted by Gasteiger charge is 2.03. The van der Waals surface area contributed by atoms with E-state index in [1.54, 1.807) is 18.4 Å². The van der Waals surface area contributed by atoms with E-state index in [4.69, 9.17) is 0 Å². The molecule has 0 saturated carbocycles. The highest BCUT2D eigenvalue weighted by Crippen LogP contribution is 2.11. The van der Waals surface area contributed by atoms with E-state index in [0.717, 1.165) is 29.5 Å². The molecule has 0 aliphatic rings. The molecule has 9 heteroatoms. The van der Waals surface area contributed by atoms with Crippen molar-refractivity contribution in [1.82, 2.24) is 15.6 Å². The Hall–Kier alpha value is -1.88. The van der Waals surface area contributed by atoms with Gasteiger partial charge in [-0.15, -0.1) is 35.3 Å². The molecule has 0 spiro atoms. The molecule has 0 saturated heterocycles. The normalized spacial score (nSPS) is 10.7. The van der Waals surface area contributed by atoms with E-state index in [1.807, 2.05) is 30.5 Å². The van der Waals surface area contributed by atoms with Gasteiger partial charge < -0.3 is 15.4 Å². The molecule has 0 bridgehead atoms. The van der Waals surface area contributed by atoms with Crippen LogP contribution in [0.3, 0.4) is 0 Å². The summed E-state index contributed by atoms with van der Waals surface area (Å²) in [5.41, 5.74) is 1.77. The fourth-order valence-corrected chi connectivity index (χ4v) is 2.87. The lowest BCUT2D eigenvalue weighted by atomic mass is 10.2. The van der Waals surface area contributed by atoms with E-state index in [-0.39, 0.29) is 24.0 Å². The first kappa shape index (κ1) is 22.2. The molecule has 0 radical (unpaired) electrons. The standard InChI is InChI=1S/C17H23N5O2S.HI/c1-12-10-20-15(25-12)8-9-19-16(18-2)21-11-13-4-6-14(7-5-13)22-17(23)24-3;/h4-7,10H,8-9,11H2,1-3H3,(H,22,23)(H2,18,19,21);1H. The number of benzene rings is 1. The molecule has 0 fully saturated rings. The number of amides is 1. The minimum atomic E-state index is -0.481. The molecule has 2 aromatic rings. The quantitative estimate of drug-likeness (QED) is 0.330. The SMILES string of the molecule is CN=C(NCCc1ncc(C)s1)NCc1ccc(NC(=O)OC)cc1.I. The molecule has 26 heavy (non-hydrogen) atoms. The molecular formula is C17H24IN5O2S. The van der Waals surface area contributed by atoms with E-state index in [9.17, 15) is 4.79 Å². The van der Waals surface area contributed by atoms with Crippen LogP contribution in [-0.2, 0) is 17.7 Å². The molecule has 2 rings (SSSR count). The maximum atomic E-state index is 11.2. The third-order valence-electron chi connectivity index (χ3n) is 3.37. The first-order valence-corrected chi connectivity index (χ1v) is 8.72. The number of nitrogens with one attached hydrogen (secondary N) is 3. The van der Waals surface area contributed by atoms with Crippen LogP contribution in [0.4, 0.5) is 10.5 Å². The lowest BCUT2D eigenvalue weighted by Crippen LogP contribution is -2.37. The van der Waals surface area contributed by atoms with Gasteiger partial charge in [0.05, 0.1) is 12.1 Å². The zero-order valence-electron chi connectivity index (χ0n) is 15.0. The molecule has 7 nitrogen and oxygen atoms in total. The zero-order valence-corrected chi connectivity index (χ0v) is 18.2. The highest BCUT2D eigenvalue weighted by atomic mass is 127. The maximum Gasteiger partial charge on any atom is 0.411 e. The zero-order chi connectivity index (χ0) is 18.1. The Labute approximate surface area is 174 Å². The number of carbonyl (C=O) groups is 1. The van der Waals surface area contributed by atoms with Gasteiger partial charge in [-0.05, 0) is 24.6 Å². The average molecular weight is 489 g/mol. The summed E-state index contributed by atoms with van der Waals surface area (Å²) in [4.78, 5) is 20.9. The number of methoxy groups -OCH3 is 1. The van der Waals surface area contributed by atoms with Crippen molar-refractivity contribution in [2.75, 3.05) is 26.0 Å². The van der Waals surface area contributed by atoms with Gasteiger partial charge in [0.1, 0.15) is 0 Å². The van der Waals surface area contributed by atoms with Crippen LogP contribution in [0.5, 0.6) is 0 Å². The summed E-state index contributed by atoms with van der Waals surface area (Å²) < 4.78 is 4.56. The number of aliphatic imine (C=N–C) groups is 1. The van der Waals surface area contributed by atoms with E-state index >= 15 is 0 Å². The van der Waals surface area contributed by atoms with Gasteiger partial charge >= 0.3 is 6.09 Å². The number of ether oxygens (including phenoxy) is 1. The minimum Gasteiger partial charge on any atom is -0.453 e. The number of aryl methyl sites for hydroxylation is 1. The van der Waals surface area contributed by atoms with Crippen LogP contribution in [0.15, 0.2) is 35.5 Å². The molecule has 1 aromatic heterocycles. The number of halogens is 1. The smallest absolute Gasteiger partial charge is 0.411 e. The minimum absolute atomic E-state index is 0. The molecule has 0 unspecified atom stereocenters. The van der Waals surface area contributed by atoms with Gasteiger partial charge in [-0.3, -0.25) is 10.3 Å². The van der Waals surface area contributed by atoms with Crippen LogP contribution < -0.4 is 16.0 Å². The molecule has 0 atom stereocenters. The Bertz CT molecular complexity index is 718. The fourth-order valence-electron chi connectivity index (χ4n) is 2.09. The number of hydrogen-bond donors (Lipinski definition) is 3. The van der Waals surface area contributed by atoms with E-state index < -0.39 is 6.09 Å². The van der Waals surface area contributed by atoms with Crippen molar-refractivity contribution in [1.29, 1.82) is 0 Å². The summed E-state index contributed by atoms with van der Waals surface area (Å²) in [5, 5.41) is 10.3. The van der Waals surface area contributed by atoms with E-state index in [0.29, 0.717) is 12.2 Å². The fraction of sp³-hybridized carbons (Fsp3) is 0.353. The number of anilines is 1. The number of nitrogens with zero attached hydrogens (tertiary/aromatic N) is 2. The Balaban J connectivity index is 0.00000338. The summed E-state index contributed by atoms with van der Waals surface area (Å²) in [6.07, 6.45) is 2.28. The predicted molar refractivity (Wildman–Crippen MR) is 117 cm³/mol. The Morgan fingerprint density at radius 3 is 2.58 bits per heavy atom. The lowest BCUT2D eigenvalue weighted by Gasteiger charge is -2.12. The third-order valence-corrected chi connectivity index (χ3v) is 4.34. The topological polar surface area (TPSA) is 87.6 Å². The van der Waals surface area contributed by atoms with Gasteiger partial charge in [0.15, 0.2) is 5.96 Å². The third kappa shape index (κ3) is 7.56. The van der Waals surface area contributed by atoms with Crippen LogP contribution in [0.25, 0.3) is 0 Å². The molecule has 0 aliphatic heterocycles. The van der Waals surface area contributed by atoms with Gasteiger partial charge in [-0.1, -0.05) is 12.1 Å². The number of hydrogen-bond acceptors (Lipinski definition) is 5. The summed E-state index contributed by atoms with van der Waals surface area (Å²) >= 11 is 1.71. The van der Waals surface area contributed by atoms with Crippen molar-refractivity contribution in [3.05, 3.63) is 45.9 Å². The molecule has 1 amide bonds. The Morgan fingerprint density at radius 1 is 1.27 bits per heavy atom. The molecule has 3 N–H and O–H groups in total. The van der Waals surface area contributed by atoms with Crippen molar-refractivity contribution in [2.24, 2.45) is 4.99 Å². The maximum absolute atomic E-state index is 11.2. The average Bonchev–Trinajstić information content (AvgIpc) is 3.04. The van der Waals surface area contributed by atoms with Crippen LogP contribution in [0.2, 0.25) is 0 Å². The molecule has 1 heterocycles. The van der Waals surface area contributed by atoms with Gasteiger partial charge in [0, 0.05) is 43.3 Å². The molecule has 0 aliphatic carbocycles. The van der Waals surface area contributed by atoms with E-state index in [2.05, 4.69) is 37.6 Å². The second-order valence-corrected chi connectivity index (χ2v) is 6.60. The van der Waals surface area contributed by atoms with Crippen molar-refractivity contribution >= 4 is 53.1 Å². The number of carbonyl (C=O) groups excluding carboxylic acids is 1. The number of aromatic nitrogens is 1. The lowest BCUT2D eigenvalue weighted by molar-refractivity contribution is 0.187. The van der Waals surface area contributed by atoms with Gasteiger partial charge in [-0.25, -0.2) is 9.78 Å². The largest absolute Gasteiger partial charge is 0.453 e. The summed E-state index contributed by atoms with van der Waals surface area (Å²) in [7, 11) is 3.08. The summed E-state index contributed by atoms with van der Waals surface area (Å²) in [6, 6.07) is 7.53. The van der Waals surface area contributed by atoms with Crippen molar-refractivity contribution in [2.45, 2.75) is 19.9 Å². The van der Waals surface area contributed by atoms with Crippen molar-refractivity contribution < 1.29 is 9.53 Å². The van der Waals surface area contributed by atoms with Crippen molar-refractivity contribution in [3.63, 3.8) is 0 Å². The molecular weight excluding hydrogens is 465 g/mol. The molecule has 142 valence electrons. The second kappa shape index (κ2) is 11.7. The number of rotatable bonds is 6. The summed E-state index contributed by atoms with van der Waals surface area (Å²) in [6.45, 7) is 3.46. The van der Waals surface area contributed by atoms with Crippen LogP contribution >= 0.6 is 35.3 Å². The second-order valence-electron chi connectivity index (χ2n) is 5.28. The first-order valence-electron chi connectivity index (χ1n) is 7.90. The number of guanidine groups is 1. The van der Waals surface area contributed by atoms with Crippen LogP contribution in [0, 0.1) is 6.92 Å². The Kier molecular flexibility index (Phi) is 9.96. The van der Waals surface area contributed by atoms with Crippen LogP contribution in [-0.4, -0.2) is 37.7 Å². The van der Waals surface area contributed by atoms with Gasteiger partial charge in [0.2, 0.25) is 0 Å². The van der Waals surface area contributed by atoms with E-state index in [1.165, 1.54) is 12.0 Å². The monoisotopic (exact) mass is 489 g/mol. The first-order chi connectivity index (χ1) is 12.1. The van der Waals surface area contributed by atoms with Crippen LogP contribution in [0.1, 0.15) is 15.4 Å². The molecule has 1 aromatic carbocycles. The Morgan fingerprint density at radius 2 is 2.00 bits per heavy atom. The predicted octanol–water partition coefficient (Wildman–Crippen LogP) is 3.16. The number of thiazole rings is 1. The van der Waals surface area contributed by atoms with Crippen molar-refractivity contribution in [3.8, 4) is 0 Å². The summed E-state index contributed by atoms with van der Waals surface area (Å²) in [5.74, 6) is 0.741. The highest BCUT2D eigenvalue weighted by molar-refractivity contribution is 14.0. The van der Waals surface area contributed by atoms with Gasteiger partial charge in [-0.2, -0.15) is 0 Å².